The number of hydrogen-bond acceptors (Lipinski definition) is 5. The maximum Gasteiger partial charge on any atom is 0.415 e. The van der Waals surface area contributed by atoms with Gasteiger partial charge in [-0.1, -0.05) is 18.6 Å². The van der Waals surface area contributed by atoms with Crippen molar-refractivity contribution >= 4 is 17.7 Å². The summed E-state index contributed by atoms with van der Waals surface area (Å²) in [6, 6.07) is 18.9. The van der Waals surface area contributed by atoms with Crippen LogP contribution in [0.5, 0.6) is 5.75 Å². The lowest BCUT2D eigenvalue weighted by Gasteiger charge is -2.33. The molecular formula is C30H37N5O3. The minimum Gasteiger partial charge on any atom is -0.410 e. The molecule has 0 spiro atoms. The van der Waals surface area contributed by atoms with Crippen LogP contribution >= 0.6 is 0 Å². The number of amides is 2. The van der Waals surface area contributed by atoms with Crippen LogP contribution in [0.1, 0.15) is 40.9 Å². The molecule has 2 aliphatic heterocycles. The van der Waals surface area contributed by atoms with Gasteiger partial charge in [0.1, 0.15) is 5.75 Å². The molecule has 38 heavy (non-hydrogen) atoms. The number of aromatic amines is 1. The van der Waals surface area contributed by atoms with Gasteiger partial charge in [0.25, 0.3) is 5.91 Å². The molecule has 2 amide bonds. The Kier molecular flexibility index (Phi) is 8.73. The molecular weight excluding hydrogens is 478 g/mol. The number of piperidine rings is 1. The summed E-state index contributed by atoms with van der Waals surface area (Å²) in [7, 11) is 0. The number of benzene rings is 2. The number of hydrogen-bond donors (Lipinski definition) is 2. The van der Waals surface area contributed by atoms with Gasteiger partial charge in [-0.3, -0.25) is 14.6 Å². The Bertz CT molecular complexity index is 1160. The van der Waals surface area contributed by atoms with Crippen LogP contribution in [-0.4, -0.2) is 77.5 Å². The van der Waals surface area contributed by atoms with Gasteiger partial charge in [0, 0.05) is 68.8 Å². The molecule has 5 rings (SSSR count). The van der Waals surface area contributed by atoms with E-state index in [9.17, 15) is 9.59 Å². The highest BCUT2D eigenvalue weighted by atomic mass is 16.6. The number of nitrogens with zero attached hydrogens (tertiary/aromatic N) is 3. The lowest BCUT2D eigenvalue weighted by Crippen LogP contribution is -2.49. The van der Waals surface area contributed by atoms with Crippen molar-refractivity contribution in [1.82, 2.24) is 19.7 Å². The summed E-state index contributed by atoms with van der Waals surface area (Å²) >= 11 is 0. The van der Waals surface area contributed by atoms with E-state index in [1.54, 1.807) is 29.2 Å². The Morgan fingerprint density at radius 3 is 2.24 bits per heavy atom. The molecule has 8 heteroatoms. The van der Waals surface area contributed by atoms with Crippen molar-refractivity contribution in [2.24, 2.45) is 0 Å². The second-order valence-corrected chi connectivity index (χ2v) is 10.2. The average molecular weight is 516 g/mol. The summed E-state index contributed by atoms with van der Waals surface area (Å²) in [5, 5.41) is 2.92. The number of carbonyl (C=O) groups excluding carboxylic acids is 2. The summed E-state index contributed by atoms with van der Waals surface area (Å²) in [5.74, 6) is 0.303. The standard InChI is InChI=1S/C30H37N5O3/c36-29(25-8-6-24(7-9-25)23-34-16-2-1-3-17-34)32-27-10-12-28(13-11-27)38-30(37)35-21-19-33(20-22-35)18-14-26-5-4-15-31-26/h4-13,15,31H,1-3,14,16-23H2,(H,32,36). The smallest absolute Gasteiger partial charge is 0.410 e. The number of likely N-dealkylation sites (tertiary alicyclic amines) is 1. The maximum atomic E-state index is 12.7. The van der Waals surface area contributed by atoms with Crippen molar-refractivity contribution in [2.45, 2.75) is 32.2 Å². The average Bonchev–Trinajstić information content (AvgIpc) is 3.48. The monoisotopic (exact) mass is 515 g/mol. The molecule has 2 saturated heterocycles. The fraction of sp³-hybridized carbons (Fsp3) is 0.400. The van der Waals surface area contributed by atoms with E-state index in [4.69, 9.17) is 4.74 Å². The minimum atomic E-state index is -0.338. The first-order valence-corrected chi connectivity index (χ1v) is 13.7. The molecule has 0 saturated carbocycles. The van der Waals surface area contributed by atoms with E-state index in [2.05, 4.69) is 26.2 Å². The molecule has 0 radical (unpaired) electrons. The number of aromatic nitrogens is 1. The minimum absolute atomic E-state index is 0.159. The van der Waals surface area contributed by atoms with Crippen LogP contribution in [0, 0.1) is 0 Å². The zero-order chi connectivity index (χ0) is 26.2. The summed E-state index contributed by atoms with van der Waals surface area (Å²) in [4.78, 5) is 35.1. The third-order valence-corrected chi connectivity index (χ3v) is 7.38. The topological polar surface area (TPSA) is 80.9 Å². The molecule has 2 N–H and O–H groups in total. The Hall–Kier alpha value is -3.62. The van der Waals surface area contributed by atoms with Crippen LogP contribution in [0.2, 0.25) is 0 Å². The SMILES string of the molecule is O=C(Nc1ccc(OC(=O)N2CCN(CCc3ccc[nH]3)CC2)cc1)c1ccc(CN2CCCCC2)cc1. The van der Waals surface area contributed by atoms with Crippen LogP contribution in [-0.2, 0) is 13.0 Å². The molecule has 1 aromatic heterocycles. The maximum absolute atomic E-state index is 12.7. The highest BCUT2D eigenvalue weighted by Gasteiger charge is 2.22. The summed E-state index contributed by atoms with van der Waals surface area (Å²) in [6.07, 6.45) is 6.45. The van der Waals surface area contributed by atoms with Gasteiger partial charge in [-0.25, -0.2) is 4.79 Å². The van der Waals surface area contributed by atoms with E-state index in [0.717, 1.165) is 45.7 Å². The first-order chi connectivity index (χ1) is 18.6. The van der Waals surface area contributed by atoms with Crippen molar-refractivity contribution in [3.8, 4) is 5.75 Å². The van der Waals surface area contributed by atoms with Crippen LogP contribution in [0.4, 0.5) is 10.5 Å². The van der Waals surface area contributed by atoms with Gasteiger partial charge < -0.3 is 19.9 Å². The lowest BCUT2D eigenvalue weighted by molar-refractivity contribution is 0.102. The first kappa shape index (κ1) is 26.0. The fourth-order valence-corrected chi connectivity index (χ4v) is 5.07. The predicted molar refractivity (Wildman–Crippen MR) is 148 cm³/mol. The molecule has 3 aromatic rings. The first-order valence-electron chi connectivity index (χ1n) is 13.7. The molecule has 3 heterocycles. The van der Waals surface area contributed by atoms with Crippen LogP contribution < -0.4 is 10.1 Å². The van der Waals surface area contributed by atoms with Crippen molar-refractivity contribution in [3.05, 3.63) is 83.7 Å². The molecule has 2 fully saturated rings. The normalized spacial score (nSPS) is 16.8. The van der Waals surface area contributed by atoms with Gasteiger partial charge in [0.15, 0.2) is 0 Å². The van der Waals surface area contributed by atoms with E-state index in [-0.39, 0.29) is 12.0 Å². The van der Waals surface area contributed by atoms with E-state index in [1.165, 1.54) is 30.5 Å². The van der Waals surface area contributed by atoms with E-state index in [1.807, 2.05) is 36.5 Å². The van der Waals surface area contributed by atoms with Crippen molar-refractivity contribution in [1.29, 1.82) is 0 Å². The molecule has 8 nitrogen and oxygen atoms in total. The van der Waals surface area contributed by atoms with E-state index in [0.29, 0.717) is 30.1 Å². The van der Waals surface area contributed by atoms with Gasteiger partial charge >= 0.3 is 6.09 Å². The summed E-state index contributed by atoms with van der Waals surface area (Å²) < 4.78 is 5.57. The lowest BCUT2D eigenvalue weighted by atomic mass is 10.1. The number of carbonyl (C=O) groups is 2. The van der Waals surface area contributed by atoms with Gasteiger partial charge in [0.2, 0.25) is 0 Å². The molecule has 200 valence electrons. The highest BCUT2D eigenvalue weighted by molar-refractivity contribution is 6.04. The number of anilines is 1. The second-order valence-electron chi connectivity index (χ2n) is 10.2. The van der Waals surface area contributed by atoms with Crippen LogP contribution in [0.15, 0.2) is 66.9 Å². The Labute approximate surface area is 224 Å². The van der Waals surface area contributed by atoms with Crippen molar-refractivity contribution in [3.63, 3.8) is 0 Å². The molecule has 0 aliphatic carbocycles. The van der Waals surface area contributed by atoms with Gasteiger partial charge in [0.05, 0.1) is 0 Å². The van der Waals surface area contributed by atoms with Crippen LogP contribution in [0.3, 0.4) is 0 Å². The van der Waals surface area contributed by atoms with Gasteiger partial charge in [-0.2, -0.15) is 0 Å². The van der Waals surface area contributed by atoms with E-state index >= 15 is 0 Å². The number of ether oxygens (including phenoxy) is 1. The molecule has 0 unspecified atom stereocenters. The number of piperazine rings is 1. The molecule has 2 aliphatic rings. The highest BCUT2D eigenvalue weighted by Crippen LogP contribution is 2.19. The number of H-pyrrole nitrogens is 1. The molecule has 2 aromatic carbocycles. The Balaban J connectivity index is 1.05. The second kappa shape index (κ2) is 12.8. The van der Waals surface area contributed by atoms with Crippen LogP contribution in [0.25, 0.3) is 0 Å². The zero-order valence-corrected chi connectivity index (χ0v) is 21.9. The largest absolute Gasteiger partial charge is 0.415 e. The third-order valence-electron chi connectivity index (χ3n) is 7.38. The summed E-state index contributed by atoms with van der Waals surface area (Å²) in [6.45, 7) is 7.17. The third kappa shape index (κ3) is 7.24. The zero-order valence-electron chi connectivity index (χ0n) is 21.9. The van der Waals surface area contributed by atoms with Gasteiger partial charge in [-0.15, -0.1) is 0 Å². The number of rotatable bonds is 8. The Morgan fingerprint density at radius 1 is 0.816 bits per heavy atom. The predicted octanol–water partition coefficient (Wildman–Crippen LogP) is 4.61. The Morgan fingerprint density at radius 2 is 1.55 bits per heavy atom. The number of nitrogens with one attached hydrogen (secondary N) is 2. The van der Waals surface area contributed by atoms with Crippen molar-refractivity contribution < 1.29 is 14.3 Å². The fourth-order valence-electron chi connectivity index (χ4n) is 5.07. The quantitative estimate of drug-likeness (QED) is 0.458. The van der Waals surface area contributed by atoms with Crippen molar-refractivity contribution in [2.75, 3.05) is 51.1 Å². The molecule has 0 atom stereocenters. The summed E-state index contributed by atoms with van der Waals surface area (Å²) in [5.41, 5.74) is 3.73. The van der Waals surface area contributed by atoms with E-state index < -0.39 is 0 Å². The molecule has 0 bridgehead atoms. The van der Waals surface area contributed by atoms with Gasteiger partial charge in [-0.05, 0) is 80.0 Å².